The zero-order valence-electron chi connectivity index (χ0n) is 12.7. The fourth-order valence-corrected chi connectivity index (χ4v) is 4.09. The van der Waals surface area contributed by atoms with E-state index in [2.05, 4.69) is 9.80 Å². The molecule has 0 aliphatic carbocycles. The zero-order chi connectivity index (χ0) is 14.9. The van der Waals surface area contributed by atoms with Crippen LogP contribution < -0.4 is 0 Å². The van der Waals surface area contributed by atoms with Crippen LogP contribution in [0.25, 0.3) is 0 Å². The summed E-state index contributed by atoms with van der Waals surface area (Å²) in [5.74, 6) is 0. The summed E-state index contributed by atoms with van der Waals surface area (Å²) in [6.07, 6.45) is 5.29. The van der Waals surface area contributed by atoms with E-state index in [1.54, 1.807) is 12.1 Å². The number of hydrogen-bond donors (Lipinski definition) is 0. The summed E-state index contributed by atoms with van der Waals surface area (Å²) < 4.78 is 23.0. The van der Waals surface area contributed by atoms with Crippen LogP contribution >= 0.6 is 0 Å². The van der Waals surface area contributed by atoms with Crippen LogP contribution in [0.1, 0.15) is 24.8 Å². The van der Waals surface area contributed by atoms with E-state index in [-0.39, 0.29) is 0 Å². The molecule has 2 aliphatic heterocycles. The first-order valence-corrected chi connectivity index (χ1v) is 9.67. The van der Waals surface area contributed by atoms with E-state index < -0.39 is 9.84 Å². The Morgan fingerprint density at radius 3 is 2.57 bits per heavy atom. The molecule has 0 N–H and O–H groups in total. The predicted molar refractivity (Wildman–Crippen MR) is 84.0 cm³/mol. The first-order chi connectivity index (χ1) is 10.0. The lowest BCUT2D eigenvalue weighted by molar-refractivity contribution is 0.0457. The lowest BCUT2D eigenvalue weighted by atomic mass is 9.99. The lowest BCUT2D eigenvalue weighted by Gasteiger charge is -2.44. The Morgan fingerprint density at radius 2 is 1.86 bits per heavy atom. The van der Waals surface area contributed by atoms with Gasteiger partial charge in [0.2, 0.25) is 0 Å². The molecule has 5 heteroatoms. The number of hydrogen-bond acceptors (Lipinski definition) is 4. The Labute approximate surface area is 127 Å². The van der Waals surface area contributed by atoms with Crippen molar-refractivity contribution < 1.29 is 8.42 Å². The van der Waals surface area contributed by atoms with Gasteiger partial charge in [-0.05, 0) is 37.1 Å². The molecule has 4 nitrogen and oxygen atoms in total. The van der Waals surface area contributed by atoms with Crippen molar-refractivity contribution in [3.63, 3.8) is 0 Å². The molecule has 2 saturated heterocycles. The summed E-state index contributed by atoms with van der Waals surface area (Å²) >= 11 is 0. The van der Waals surface area contributed by atoms with Crippen molar-refractivity contribution in [3.05, 3.63) is 29.8 Å². The minimum absolute atomic E-state index is 0.406. The van der Waals surface area contributed by atoms with Crippen molar-refractivity contribution in [1.29, 1.82) is 0 Å². The number of rotatable bonds is 3. The molecule has 2 aliphatic rings. The monoisotopic (exact) mass is 308 g/mol. The standard InChI is InChI=1S/C16H24N2O2S/c1-21(19,20)16-7-5-14(6-8-16)12-17-10-11-18-9-3-2-4-15(18)13-17/h5-8,15H,2-4,9-13H2,1H3. The number of piperazine rings is 1. The van der Waals surface area contributed by atoms with Gasteiger partial charge in [-0.25, -0.2) is 8.42 Å². The van der Waals surface area contributed by atoms with Crippen molar-refractivity contribution in [2.45, 2.75) is 36.7 Å². The molecule has 3 rings (SSSR count). The molecular formula is C16H24N2O2S. The average Bonchev–Trinajstić information content (AvgIpc) is 2.47. The highest BCUT2D eigenvalue weighted by atomic mass is 32.2. The summed E-state index contributed by atoms with van der Waals surface area (Å²) in [6, 6.07) is 8.07. The van der Waals surface area contributed by atoms with Crippen LogP contribution in [0.5, 0.6) is 0 Å². The van der Waals surface area contributed by atoms with E-state index in [0.29, 0.717) is 4.90 Å². The Bertz CT molecular complexity index is 583. The molecule has 2 heterocycles. The van der Waals surface area contributed by atoms with Crippen LogP contribution in [0.3, 0.4) is 0 Å². The van der Waals surface area contributed by atoms with Gasteiger partial charge in [0.1, 0.15) is 0 Å². The highest BCUT2D eigenvalue weighted by Crippen LogP contribution is 2.22. The SMILES string of the molecule is CS(=O)(=O)c1ccc(CN2CCN3CCCCC3C2)cc1. The minimum Gasteiger partial charge on any atom is -0.298 e. The number of piperidine rings is 1. The molecule has 0 radical (unpaired) electrons. The maximum Gasteiger partial charge on any atom is 0.175 e. The van der Waals surface area contributed by atoms with Gasteiger partial charge in [-0.2, -0.15) is 0 Å². The largest absolute Gasteiger partial charge is 0.298 e. The summed E-state index contributed by atoms with van der Waals surface area (Å²) in [5, 5.41) is 0. The van der Waals surface area contributed by atoms with Crippen LogP contribution in [0.15, 0.2) is 29.2 Å². The number of sulfone groups is 1. The van der Waals surface area contributed by atoms with Gasteiger partial charge in [0, 0.05) is 38.5 Å². The maximum atomic E-state index is 11.5. The second-order valence-corrected chi connectivity index (χ2v) is 8.35. The van der Waals surface area contributed by atoms with Gasteiger partial charge < -0.3 is 0 Å². The van der Waals surface area contributed by atoms with E-state index in [9.17, 15) is 8.42 Å². The highest BCUT2D eigenvalue weighted by Gasteiger charge is 2.28. The molecule has 0 saturated carbocycles. The summed E-state index contributed by atoms with van der Waals surface area (Å²) in [6.45, 7) is 5.63. The Balaban J connectivity index is 1.62. The Morgan fingerprint density at radius 1 is 1.10 bits per heavy atom. The van der Waals surface area contributed by atoms with Gasteiger partial charge in [-0.15, -0.1) is 0 Å². The third-order valence-electron chi connectivity index (χ3n) is 4.68. The molecule has 0 amide bonds. The molecule has 0 spiro atoms. The molecule has 2 fully saturated rings. The molecule has 0 bridgehead atoms. The van der Waals surface area contributed by atoms with Crippen molar-refractivity contribution in [3.8, 4) is 0 Å². The molecule has 1 atom stereocenters. The molecule has 1 aromatic carbocycles. The highest BCUT2D eigenvalue weighted by molar-refractivity contribution is 7.90. The van der Waals surface area contributed by atoms with E-state index in [4.69, 9.17) is 0 Å². The van der Waals surface area contributed by atoms with Gasteiger partial charge in [0.25, 0.3) is 0 Å². The van der Waals surface area contributed by atoms with Crippen molar-refractivity contribution >= 4 is 9.84 Å². The molecule has 116 valence electrons. The quantitative estimate of drug-likeness (QED) is 0.853. The van der Waals surface area contributed by atoms with Gasteiger partial charge >= 0.3 is 0 Å². The van der Waals surface area contributed by atoms with Crippen LogP contribution in [0, 0.1) is 0 Å². The fraction of sp³-hybridized carbons (Fsp3) is 0.625. The molecule has 1 aromatic rings. The normalized spacial score (nSPS) is 24.7. The number of nitrogens with zero attached hydrogens (tertiary/aromatic N) is 2. The fourth-order valence-electron chi connectivity index (χ4n) is 3.46. The second-order valence-electron chi connectivity index (χ2n) is 6.34. The van der Waals surface area contributed by atoms with Gasteiger partial charge in [0.05, 0.1) is 4.90 Å². The molecular weight excluding hydrogens is 284 g/mol. The third-order valence-corrected chi connectivity index (χ3v) is 5.81. The second kappa shape index (κ2) is 6.07. The first kappa shape index (κ1) is 15.0. The van der Waals surface area contributed by atoms with Gasteiger partial charge in [0.15, 0.2) is 9.84 Å². The summed E-state index contributed by atoms with van der Waals surface area (Å²) in [7, 11) is -3.09. The van der Waals surface area contributed by atoms with E-state index >= 15 is 0 Å². The van der Waals surface area contributed by atoms with E-state index in [1.165, 1.54) is 44.2 Å². The summed E-state index contributed by atoms with van der Waals surface area (Å²) in [5.41, 5.74) is 1.20. The van der Waals surface area contributed by atoms with Crippen molar-refractivity contribution in [2.24, 2.45) is 0 Å². The maximum absolute atomic E-state index is 11.5. The van der Waals surface area contributed by atoms with E-state index in [0.717, 1.165) is 25.7 Å². The third kappa shape index (κ3) is 3.65. The van der Waals surface area contributed by atoms with E-state index in [1.807, 2.05) is 12.1 Å². The topological polar surface area (TPSA) is 40.6 Å². The average molecular weight is 308 g/mol. The molecule has 21 heavy (non-hydrogen) atoms. The smallest absolute Gasteiger partial charge is 0.175 e. The zero-order valence-corrected chi connectivity index (χ0v) is 13.5. The molecule has 0 aromatic heterocycles. The first-order valence-electron chi connectivity index (χ1n) is 7.78. The minimum atomic E-state index is -3.09. The molecule has 1 unspecified atom stereocenters. The van der Waals surface area contributed by atoms with Crippen LogP contribution in [0.4, 0.5) is 0 Å². The lowest BCUT2D eigenvalue weighted by Crippen LogP contribution is -2.54. The van der Waals surface area contributed by atoms with Gasteiger partial charge in [-0.3, -0.25) is 9.80 Å². The number of fused-ring (bicyclic) bond motifs is 1. The Kier molecular flexibility index (Phi) is 4.33. The van der Waals surface area contributed by atoms with Crippen LogP contribution in [-0.2, 0) is 16.4 Å². The van der Waals surface area contributed by atoms with Crippen LogP contribution in [0.2, 0.25) is 0 Å². The Hall–Kier alpha value is -0.910. The van der Waals surface area contributed by atoms with Crippen molar-refractivity contribution in [2.75, 3.05) is 32.4 Å². The van der Waals surface area contributed by atoms with Crippen molar-refractivity contribution in [1.82, 2.24) is 9.80 Å². The number of benzene rings is 1. The summed E-state index contributed by atoms with van der Waals surface area (Å²) in [4.78, 5) is 5.54. The van der Waals surface area contributed by atoms with Gasteiger partial charge in [-0.1, -0.05) is 18.6 Å². The predicted octanol–water partition coefficient (Wildman–Crippen LogP) is 1.76. The van der Waals surface area contributed by atoms with Crippen LogP contribution in [-0.4, -0.2) is 56.7 Å².